The second-order valence-corrected chi connectivity index (χ2v) is 41.8. The normalized spacial score (nSPS) is 29.4. The molecule has 116 heavy (non-hydrogen) atoms. The molecule has 0 radical (unpaired) electrons. The quantitative estimate of drug-likeness (QED) is 0.0613. The van der Waals surface area contributed by atoms with Crippen LogP contribution in [0.15, 0.2) is 72.8 Å². The number of hydrogen-bond donors (Lipinski definition) is 2. The van der Waals surface area contributed by atoms with Crippen LogP contribution in [0.3, 0.4) is 0 Å². The Bertz CT molecular complexity index is 4400. The van der Waals surface area contributed by atoms with Crippen molar-refractivity contribution in [2.45, 2.75) is 284 Å². The van der Waals surface area contributed by atoms with E-state index >= 15 is 0 Å². The van der Waals surface area contributed by atoms with E-state index in [1.807, 2.05) is 90.1 Å². The van der Waals surface area contributed by atoms with Gasteiger partial charge in [0.15, 0.2) is 11.6 Å². The van der Waals surface area contributed by atoms with Crippen LogP contribution in [0.4, 0.5) is 0 Å². The maximum absolute atomic E-state index is 15.0. The molecule has 0 bridgehead atoms. The molecule has 8 aliphatic rings. The summed E-state index contributed by atoms with van der Waals surface area (Å²) in [4.78, 5) is 127. The van der Waals surface area contributed by atoms with Crippen molar-refractivity contribution in [1.29, 1.82) is 0 Å². The van der Waals surface area contributed by atoms with Gasteiger partial charge in [-0.1, -0.05) is 52.0 Å². The number of ether oxygens (including phenoxy) is 8. The van der Waals surface area contributed by atoms with E-state index in [0.29, 0.717) is 98.2 Å². The van der Waals surface area contributed by atoms with E-state index in [-0.39, 0.29) is 134 Å². The van der Waals surface area contributed by atoms with Crippen LogP contribution in [0.25, 0.3) is 21.5 Å². The fourth-order valence-electron chi connectivity index (χ4n) is 17.0. The molecule has 6 fully saturated rings. The van der Waals surface area contributed by atoms with Crippen molar-refractivity contribution in [3.63, 3.8) is 0 Å². The van der Waals surface area contributed by atoms with E-state index < -0.39 is 111 Å². The molecule has 6 heterocycles. The van der Waals surface area contributed by atoms with Gasteiger partial charge in [-0.15, -0.1) is 0 Å². The van der Waals surface area contributed by atoms with E-state index in [1.54, 1.807) is 93.9 Å². The number of nitrogens with zero attached hydrogens (tertiary/aromatic N) is 4. The lowest BCUT2D eigenvalue weighted by molar-refractivity contribution is -0.160. The zero-order valence-corrected chi connectivity index (χ0v) is 72.6. The first-order chi connectivity index (χ1) is 54.3. The van der Waals surface area contributed by atoms with Crippen LogP contribution in [-0.4, -0.2) is 168 Å². The number of ketones is 2. The molecule has 2 aromatic carbocycles. The Hall–Kier alpha value is -8.40. The number of pyridine rings is 2. The van der Waals surface area contributed by atoms with Gasteiger partial charge in [0.05, 0.1) is 96.6 Å². The zero-order chi connectivity index (χ0) is 84.7. The van der Waals surface area contributed by atoms with Gasteiger partial charge in [0.2, 0.25) is 67.2 Å². The first-order valence-corrected chi connectivity index (χ1v) is 44.4. The summed E-state index contributed by atoms with van der Waals surface area (Å²) in [5.41, 5.74) is -4.09. The third kappa shape index (κ3) is 20.8. The minimum absolute atomic E-state index is 0.0200. The van der Waals surface area contributed by atoms with E-state index in [9.17, 15) is 55.2 Å². The number of rotatable bonds is 20. The molecule has 0 spiro atoms. The first-order valence-electron chi connectivity index (χ1n) is 41.5. The van der Waals surface area contributed by atoms with Crippen molar-refractivity contribution < 1.29 is 93.1 Å². The second kappa shape index (κ2) is 34.5. The number of methoxy groups -OCH3 is 2. The van der Waals surface area contributed by atoms with E-state index in [1.165, 1.54) is 9.80 Å². The number of fused-ring (bicyclic) bond motifs is 6. The predicted octanol–water partition coefficient (Wildman–Crippen LogP) is 13.4. The number of amides is 4. The van der Waals surface area contributed by atoms with E-state index in [4.69, 9.17) is 47.9 Å². The van der Waals surface area contributed by atoms with Gasteiger partial charge in [-0.25, -0.2) is 16.8 Å². The fourth-order valence-corrected chi connectivity index (χ4v) is 19.7. The van der Waals surface area contributed by atoms with Crippen LogP contribution in [-0.2, 0) is 67.9 Å². The smallest absolute Gasteiger partial charge is 0.307 e. The van der Waals surface area contributed by atoms with E-state index in [2.05, 4.69) is 23.3 Å². The number of sulfonamides is 2. The minimum atomic E-state index is -3.97. The molecule has 12 rings (SSSR count). The third-order valence-electron chi connectivity index (χ3n) is 24.4. The third-order valence-corrected chi connectivity index (χ3v) is 28.8. The zero-order valence-electron chi connectivity index (χ0n) is 70.9. The number of Topliss-reactive ketones (excluding diaryl/α,β-unsaturated/α-hetero) is 2. The van der Waals surface area contributed by atoms with Gasteiger partial charge < -0.3 is 47.7 Å². The summed E-state index contributed by atoms with van der Waals surface area (Å²) < 4.78 is 103. The first kappa shape index (κ1) is 88.4. The average Bonchev–Trinajstić information content (AvgIpc) is 1.57. The highest BCUT2D eigenvalue weighted by Crippen LogP contribution is 2.59. The standard InChI is InChI=1S/2C44H61N3O10S/c2*1-26(2)55-37-20-29-19-31(54-9)14-15-33(29)39(45-37)56-32-21-35-36(48)24-44(41(51)46-58(52,53)43(8)16-17-43)23-30(44)13-11-10-12-27(3)18-28(4)34(40(50)47(35)25-32)22-38(49)57-42(5,6)7/h2*11,13-15,19-20,26-28,30,32,34-35H,10,12,16-18,21-25H2,1-9H3,(H,46,51)/b2*13-11-/t27-,28+,30+,32+,34-,35-,44+;27-,28-,30-,32-,34+,35+,44-/m01/s1. The molecule has 4 aliphatic carbocycles. The van der Waals surface area contributed by atoms with Crippen LogP contribution in [0.1, 0.15) is 226 Å². The highest BCUT2D eigenvalue weighted by molar-refractivity contribution is 7.92. The Balaban J connectivity index is 0.000000228. The summed E-state index contributed by atoms with van der Waals surface area (Å²) in [6, 6.07) is 12.5. The number of benzene rings is 2. The van der Waals surface area contributed by atoms with Crippen molar-refractivity contribution >= 4 is 88.7 Å². The summed E-state index contributed by atoms with van der Waals surface area (Å²) in [7, 11) is -4.77. The van der Waals surface area contributed by atoms with Gasteiger partial charge >= 0.3 is 11.9 Å². The number of hydrogen-bond acceptors (Lipinski definition) is 22. The summed E-state index contributed by atoms with van der Waals surface area (Å²) in [5.74, 6) is -3.73. The molecular weight excluding hydrogens is 1530 g/mol. The molecule has 28 heteroatoms. The molecule has 4 aliphatic heterocycles. The molecule has 2 N–H and O–H groups in total. The summed E-state index contributed by atoms with van der Waals surface area (Å²) in [6.45, 7) is 29.7. The summed E-state index contributed by atoms with van der Waals surface area (Å²) in [5, 5.41) is 2.88. The average molecular weight is 1650 g/mol. The summed E-state index contributed by atoms with van der Waals surface area (Å²) in [6.07, 6.45) is 12.3. The number of nitrogens with one attached hydrogen (secondary N) is 2. The molecule has 636 valence electrons. The molecule has 4 amide bonds. The van der Waals surface area contributed by atoms with Gasteiger partial charge in [0.1, 0.15) is 34.9 Å². The maximum atomic E-state index is 15.0. The maximum Gasteiger partial charge on any atom is 0.307 e. The largest absolute Gasteiger partial charge is 0.497 e. The van der Waals surface area contributed by atoms with Gasteiger partial charge in [0, 0.05) is 48.6 Å². The lowest BCUT2D eigenvalue weighted by Gasteiger charge is -2.32. The number of allylic oxidation sites excluding steroid dienone is 4. The van der Waals surface area contributed by atoms with Crippen molar-refractivity contribution in [2.75, 3.05) is 27.3 Å². The Labute approximate surface area is 684 Å². The Morgan fingerprint density at radius 2 is 0.905 bits per heavy atom. The van der Waals surface area contributed by atoms with Crippen LogP contribution in [0.5, 0.6) is 35.0 Å². The Morgan fingerprint density at radius 3 is 1.23 bits per heavy atom. The summed E-state index contributed by atoms with van der Waals surface area (Å²) >= 11 is 0. The molecular formula is C88H122N6O20S2. The number of esters is 2. The van der Waals surface area contributed by atoms with Crippen LogP contribution in [0.2, 0.25) is 0 Å². The van der Waals surface area contributed by atoms with Crippen molar-refractivity contribution in [1.82, 2.24) is 29.2 Å². The van der Waals surface area contributed by atoms with Gasteiger partial charge in [-0.05, 0) is 243 Å². The Morgan fingerprint density at radius 1 is 0.543 bits per heavy atom. The lowest BCUT2D eigenvalue weighted by Crippen LogP contribution is -2.48. The highest BCUT2D eigenvalue weighted by Gasteiger charge is 2.65. The lowest BCUT2D eigenvalue weighted by atomic mass is 9.82. The minimum Gasteiger partial charge on any atom is -0.497 e. The molecule has 2 aromatic heterocycles. The number of aromatic nitrogens is 2. The molecule has 4 saturated carbocycles. The monoisotopic (exact) mass is 1650 g/mol. The molecule has 26 nitrogen and oxygen atoms in total. The molecule has 4 aromatic rings. The van der Waals surface area contributed by atoms with Crippen molar-refractivity contribution in [2.24, 2.45) is 58.2 Å². The number of carbonyl (C=O) groups excluding carboxylic acids is 8. The topological polar surface area (TPSA) is 335 Å². The van der Waals surface area contributed by atoms with Crippen LogP contribution in [0, 0.1) is 58.2 Å². The Kier molecular flexibility index (Phi) is 26.3. The molecule has 0 unspecified atom stereocenters. The van der Waals surface area contributed by atoms with Crippen LogP contribution < -0.4 is 37.9 Å². The van der Waals surface area contributed by atoms with Crippen molar-refractivity contribution in [3.05, 3.63) is 72.8 Å². The second-order valence-electron chi connectivity index (χ2n) is 37.4. The molecule has 2 saturated heterocycles. The van der Waals surface area contributed by atoms with Gasteiger partial charge in [-0.3, -0.25) is 47.8 Å². The van der Waals surface area contributed by atoms with E-state index in [0.717, 1.165) is 23.6 Å². The van der Waals surface area contributed by atoms with Crippen molar-refractivity contribution in [3.8, 4) is 35.0 Å². The SMILES string of the molecule is COc1ccc2c(O[C@@H]3C[C@H]4C(=O)C[C@]5(C(=O)NS(=O)(=O)C6(C)CC6)C[C@H]5/C=C\CC[C@@H](C)C[C@@H](C)[C@H](CC(=O)OC(C)(C)C)C(=O)N4C3)nc(OC(C)C)cc2c1.COc1ccc2c(O[C@@H]3C[C@H]4C(=O)C[C@]5(C(=O)NS(=O)(=O)C6(C)CC6)C[C@H]5/C=C\CC[C@H](C)C[C@@H](C)[C@H](CC(=O)OC(C)(C)C)C(=O)N4C3)nc(OC(C)C)cc2c1. The van der Waals surface area contributed by atoms with Crippen LogP contribution >= 0.6 is 0 Å². The highest BCUT2D eigenvalue weighted by atomic mass is 32.2. The van der Waals surface area contributed by atoms with Gasteiger partial charge in [-0.2, -0.15) is 9.97 Å². The predicted molar refractivity (Wildman–Crippen MR) is 437 cm³/mol. The number of carbonyl (C=O) groups is 8. The van der Waals surface area contributed by atoms with Gasteiger partial charge in [0.25, 0.3) is 0 Å². The fraction of sp³-hybridized carbons (Fsp3) is 0.659. The molecule has 14 atom stereocenters.